The first-order valence-electron chi connectivity index (χ1n) is 6.46. The lowest BCUT2D eigenvalue weighted by Crippen LogP contribution is -2.39. The summed E-state index contributed by atoms with van der Waals surface area (Å²) in [5, 5.41) is 20.0. The van der Waals surface area contributed by atoms with Crippen molar-refractivity contribution in [3.63, 3.8) is 0 Å². The Labute approximate surface area is 120 Å². The number of amides is 1. The number of piperidine rings is 1. The first-order valence-corrected chi connectivity index (χ1v) is 6.46. The van der Waals surface area contributed by atoms with Gasteiger partial charge in [0.15, 0.2) is 0 Å². The zero-order valence-corrected chi connectivity index (χ0v) is 11.2. The molecule has 0 radical (unpaired) electrons. The Morgan fingerprint density at radius 1 is 1.33 bits per heavy atom. The molecule has 0 atom stereocenters. The number of anilines is 1. The minimum atomic E-state index is -1.14. The number of hydrogen-bond donors (Lipinski definition) is 2. The molecule has 0 aliphatic carbocycles. The molecule has 21 heavy (non-hydrogen) atoms. The van der Waals surface area contributed by atoms with Gasteiger partial charge < -0.3 is 15.7 Å². The highest BCUT2D eigenvalue weighted by atomic mass is 16.6. The van der Waals surface area contributed by atoms with Gasteiger partial charge in [0.1, 0.15) is 0 Å². The van der Waals surface area contributed by atoms with E-state index in [-0.39, 0.29) is 23.1 Å². The number of carbonyl (C=O) groups is 2. The number of nitrogens with two attached hydrogens (primary N) is 1. The van der Waals surface area contributed by atoms with E-state index in [2.05, 4.69) is 0 Å². The van der Waals surface area contributed by atoms with Crippen LogP contribution in [0.15, 0.2) is 18.2 Å². The van der Waals surface area contributed by atoms with Crippen molar-refractivity contribution in [3.05, 3.63) is 33.9 Å². The number of primary amides is 1. The fraction of sp³-hybridized carbons (Fsp3) is 0.385. The molecule has 1 fully saturated rings. The van der Waals surface area contributed by atoms with Crippen molar-refractivity contribution in [2.24, 2.45) is 11.7 Å². The molecule has 0 unspecified atom stereocenters. The number of nitrogens with zero attached hydrogens (tertiary/aromatic N) is 2. The predicted molar refractivity (Wildman–Crippen MR) is 74.2 cm³/mol. The summed E-state index contributed by atoms with van der Waals surface area (Å²) in [5.41, 5.74) is 5.41. The fourth-order valence-corrected chi connectivity index (χ4v) is 2.48. The highest BCUT2D eigenvalue weighted by Crippen LogP contribution is 2.30. The molecule has 8 heteroatoms. The monoisotopic (exact) mass is 293 g/mol. The number of nitro benzene ring substituents is 1. The van der Waals surface area contributed by atoms with Crippen LogP contribution in [0.5, 0.6) is 0 Å². The summed E-state index contributed by atoms with van der Waals surface area (Å²) in [7, 11) is 0. The van der Waals surface area contributed by atoms with E-state index in [1.54, 1.807) is 4.90 Å². The predicted octanol–water partition coefficient (Wildman–Crippen LogP) is 0.995. The largest absolute Gasteiger partial charge is 0.478 e. The van der Waals surface area contributed by atoms with Crippen molar-refractivity contribution in [3.8, 4) is 0 Å². The molecule has 1 aromatic rings. The maximum atomic E-state index is 11.2. The van der Waals surface area contributed by atoms with Gasteiger partial charge >= 0.3 is 5.97 Å². The summed E-state index contributed by atoms with van der Waals surface area (Å²) in [6.45, 7) is 0.879. The van der Waals surface area contributed by atoms with Crippen LogP contribution in [0.2, 0.25) is 0 Å². The van der Waals surface area contributed by atoms with Gasteiger partial charge in [0.25, 0.3) is 5.69 Å². The van der Waals surface area contributed by atoms with Gasteiger partial charge in [-0.15, -0.1) is 0 Å². The van der Waals surface area contributed by atoms with E-state index in [4.69, 9.17) is 5.73 Å². The van der Waals surface area contributed by atoms with Crippen molar-refractivity contribution in [1.29, 1.82) is 0 Å². The second kappa shape index (κ2) is 5.78. The van der Waals surface area contributed by atoms with Crippen molar-refractivity contribution in [2.45, 2.75) is 12.8 Å². The van der Waals surface area contributed by atoms with Crippen LogP contribution in [0.3, 0.4) is 0 Å². The van der Waals surface area contributed by atoms with Gasteiger partial charge in [0.2, 0.25) is 5.91 Å². The fourth-order valence-electron chi connectivity index (χ4n) is 2.48. The lowest BCUT2D eigenvalue weighted by Gasteiger charge is -2.32. The molecule has 2 rings (SSSR count). The molecule has 3 N–H and O–H groups in total. The number of carbonyl (C=O) groups excluding carboxylic acids is 1. The number of non-ortho nitro benzene ring substituents is 1. The molecular formula is C13H15N3O5. The summed E-state index contributed by atoms with van der Waals surface area (Å²) >= 11 is 0. The van der Waals surface area contributed by atoms with Gasteiger partial charge in [0.05, 0.1) is 16.2 Å². The lowest BCUT2D eigenvalue weighted by atomic mass is 9.95. The van der Waals surface area contributed by atoms with E-state index in [1.807, 2.05) is 0 Å². The van der Waals surface area contributed by atoms with E-state index in [9.17, 15) is 24.8 Å². The van der Waals surface area contributed by atoms with Crippen LogP contribution in [-0.4, -0.2) is 35.0 Å². The van der Waals surface area contributed by atoms with Crippen molar-refractivity contribution >= 4 is 23.3 Å². The van der Waals surface area contributed by atoms with Gasteiger partial charge in [-0.25, -0.2) is 4.79 Å². The number of aromatic carboxylic acids is 1. The molecule has 1 aliphatic rings. The summed E-state index contributed by atoms with van der Waals surface area (Å²) in [6.07, 6.45) is 1.02. The van der Waals surface area contributed by atoms with Crippen molar-refractivity contribution in [2.75, 3.05) is 18.0 Å². The van der Waals surface area contributed by atoms with E-state index in [0.29, 0.717) is 31.6 Å². The number of nitro groups is 1. The Bertz CT molecular complexity index is 593. The van der Waals surface area contributed by atoms with Crippen molar-refractivity contribution < 1.29 is 19.6 Å². The van der Waals surface area contributed by atoms with Gasteiger partial charge in [-0.1, -0.05) is 0 Å². The van der Waals surface area contributed by atoms with E-state index < -0.39 is 10.9 Å². The zero-order chi connectivity index (χ0) is 15.6. The van der Waals surface area contributed by atoms with Crippen LogP contribution in [0.1, 0.15) is 23.2 Å². The molecule has 0 saturated carbocycles. The van der Waals surface area contributed by atoms with Crippen LogP contribution >= 0.6 is 0 Å². The zero-order valence-electron chi connectivity index (χ0n) is 11.2. The standard InChI is InChI=1S/C13H15N3O5/c14-12(17)8-3-5-15(6-4-8)11-7-9(16(20)21)1-2-10(11)13(18)19/h1-2,7-8H,3-6H2,(H2,14,17)(H,18,19). The minimum absolute atomic E-state index is 0.0122. The van der Waals surface area contributed by atoms with Crippen LogP contribution in [0.4, 0.5) is 11.4 Å². The third-order valence-electron chi connectivity index (χ3n) is 3.66. The minimum Gasteiger partial charge on any atom is -0.478 e. The molecule has 0 bridgehead atoms. The molecule has 1 heterocycles. The Kier molecular flexibility index (Phi) is 4.06. The molecule has 0 aromatic heterocycles. The average molecular weight is 293 g/mol. The SMILES string of the molecule is NC(=O)C1CCN(c2cc([N+](=O)[O-])ccc2C(=O)O)CC1. The number of carboxylic acid groups (broad SMARTS) is 1. The quantitative estimate of drug-likeness (QED) is 0.629. The number of rotatable bonds is 4. The van der Waals surface area contributed by atoms with Crippen LogP contribution < -0.4 is 10.6 Å². The third kappa shape index (κ3) is 3.10. The van der Waals surface area contributed by atoms with Crippen LogP contribution in [0, 0.1) is 16.0 Å². The number of benzene rings is 1. The second-order valence-electron chi connectivity index (χ2n) is 4.93. The molecule has 8 nitrogen and oxygen atoms in total. The summed E-state index contributed by atoms with van der Waals surface area (Å²) in [5.74, 6) is -1.74. The molecular weight excluding hydrogens is 278 g/mol. The Balaban J connectivity index is 2.29. The smallest absolute Gasteiger partial charge is 0.337 e. The molecule has 1 amide bonds. The summed E-state index contributed by atoms with van der Waals surface area (Å²) in [6, 6.07) is 3.66. The normalized spacial score (nSPS) is 15.7. The third-order valence-corrected chi connectivity index (χ3v) is 3.66. The van der Waals surface area contributed by atoms with Crippen LogP contribution in [-0.2, 0) is 4.79 Å². The Hall–Kier alpha value is -2.64. The summed E-state index contributed by atoms with van der Waals surface area (Å²) < 4.78 is 0. The Morgan fingerprint density at radius 3 is 2.43 bits per heavy atom. The lowest BCUT2D eigenvalue weighted by molar-refractivity contribution is -0.384. The topological polar surface area (TPSA) is 127 Å². The first-order chi connectivity index (χ1) is 9.90. The molecule has 0 spiro atoms. The molecule has 112 valence electrons. The second-order valence-corrected chi connectivity index (χ2v) is 4.93. The average Bonchev–Trinajstić information content (AvgIpc) is 2.46. The van der Waals surface area contributed by atoms with Gasteiger partial charge in [-0.2, -0.15) is 0 Å². The summed E-state index contributed by atoms with van der Waals surface area (Å²) in [4.78, 5) is 34.4. The number of hydrogen-bond acceptors (Lipinski definition) is 5. The Morgan fingerprint density at radius 2 is 1.95 bits per heavy atom. The van der Waals surface area contributed by atoms with E-state index >= 15 is 0 Å². The maximum Gasteiger partial charge on any atom is 0.337 e. The highest BCUT2D eigenvalue weighted by Gasteiger charge is 2.26. The molecule has 1 aliphatic heterocycles. The van der Waals surface area contributed by atoms with E-state index in [0.717, 1.165) is 0 Å². The van der Waals surface area contributed by atoms with Crippen molar-refractivity contribution in [1.82, 2.24) is 0 Å². The maximum absolute atomic E-state index is 11.2. The number of carboxylic acids is 1. The molecule has 1 saturated heterocycles. The van der Waals surface area contributed by atoms with E-state index in [1.165, 1.54) is 18.2 Å². The van der Waals surface area contributed by atoms with Gasteiger partial charge in [-0.3, -0.25) is 14.9 Å². The first kappa shape index (κ1) is 14.8. The van der Waals surface area contributed by atoms with Gasteiger partial charge in [-0.05, 0) is 18.9 Å². The van der Waals surface area contributed by atoms with Crippen LogP contribution in [0.25, 0.3) is 0 Å². The molecule has 1 aromatic carbocycles. The van der Waals surface area contributed by atoms with Gasteiger partial charge in [0, 0.05) is 31.1 Å². The highest BCUT2D eigenvalue weighted by molar-refractivity contribution is 5.95.